The van der Waals surface area contributed by atoms with Crippen molar-refractivity contribution in [1.82, 2.24) is 15.3 Å². The summed E-state index contributed by atoms with van der Waals surface area (Å²) in [7, 11) is 0. The average molecular weight is 495 g/mol. The lowest BCUT2D eigenvalue weighted by molar-refractivity contribution is 0.0428. The van der Waals surface area contributed by atoms with E-state index in [4.69, 9.17) is 14.7 Å². The van der Waals surface area contributed by atoms with Crippen LogP contribution in [0.1, 0.15) is 76.5 Å². The largest absolute Gasteiger partial charge is 0.444 e. The van der Waals surface area contributed by atoms with Crippen LogP contribution in [0.3, 0.4) is 0 Å². The number of carbonyl (C=O) groups is 1. The third-order valence-electron chi connectivity index (χ3n) is 7.82. The molecule has 3 aliphatic rings. The number of aromatic nitrogens is 2. The van der Waals surface area contributed by atoms with Gasteiger partial charge in [0.15, 0.2) is 0 Å². The van der Waals surface area contributed by atoms with E-state index >= 15 is 0 Å². The Balaban J connectivity index is 1.23. The van der Waals surface area contributed by atoms with Gasteiger partial charge >= 0.3 is 6.09 Å². The Hall–Kier alpha value is -2.28. The van der Waals surface area contributed by atoms with Crippen LogP contribution in [0.4, 0.5) is 10.6 Å². The van der Waals surface area contributed by atoms with Gasteiger partial charge in [-0.1, -0.05) is 37.1 Å². The summed E-state index contributed by atoms with van der Waals surface area (Å²) in [5, 5.41) is 4.27. The van der Waals surface area contributed by atoms with E-state index in [1.807, 2.05) is 44.9 Å². The van der Waals surface area contributed by atoms with Crippen molar-refractivity contribution in [2.24, 2.45) is 11.3 Å². The summed E-state index contributed by atoms with van der Waals surface area (Å²) in [5.41, 5.74) is 2.06. The van der Waals surface area contributed by atoms with Gasteiger partial charge in [-0.15, -0.1) is 11.8 Å². The standard InChI is InChI=1S/C28H38N4O2S/c1-27(2,3)34-26(33)31-25-22-11-7-6-10-21(22)16-28(25)12-14-32(15-13-28)23-17-30-24(18-29-23)35-19-20-8-4-5-9-20/h6-7,10-11,17-18,20,25H,4-5,8-9,12-16,19H2,1-3H3,(H,31,33)/t25-/m1/s1. The minimum absolute atomic E-state index is 0.00158. The average Bonchev–Trinajstić information content (AvgIpc) is 3.44. The molecule has 1 spiro atoms. The number of piperidine rings is 1. The maximum absolute atomic E-state index is 12.7. The summed E-state index contributed by atoms with van der Waals surface area (Å²) in [6.45, 7) is 7.53. The molecule has 1 aliphatic heterocycles. The first-order valence-corrected chi connectivity index (χ1v) is 14.1. The predicted molar refractivity (Wildman–Crippen MR) is 141 cm³/mol. The summed E-state index contributed by atoms with van der Waals surface area (Å²) in [5.74, 6) is 2.96. The van der Waals surface area contributed by atoms with Gasteiger partial charge in [-0.25, -0.2) is 14.8 Å². The minimum atomic E-state index is -0.515. The molecule has 2 heterocycles. The fourth-order valence-electron chi connectivity index (χ4n) is 6.02. The highest BCUT2D eigenvalue weighted by molar-refractivity contribution is 7.99. The van der Waals surface area contributed by atoms with Gasteiger partial charge in [-0.05, 0) is 69.9 Å². The summed E-state index contributed by atoms with van der Waals surface area (Å²) >= 11 is 1.85. The van der Waals surface area contributed by atoms with E-state index in [0.717, 1.165) is 54.9 Å². The van der Waals surface area contributed by atoms with Crippen molar-refractivity contribution < 1.29 is 9.53 Å². The Morgan fingerprint density at radius 3 is 2.57 bits per heavy atom. The molecular formula is C28H38N4O2S. The zero-order valence-electron chi connectivity index (χ0n) is 21.3. The Bertz CT molecular complexity index is 1020. The number of hydrogen-bond donors (Lipinski definition) is 1. The number of rotatable bonds is 5. The molecule has 1 aromatic heterocycles. The third kappa shape index (κ3) is 5.60. The van der Waals surface area contributed by atoms with Crippen LogP contribution in [-0.4, -0.2) is 40.5 Å². The van der Waals surface area contributed by atoms with Gasteiger partial charge in [0.25, 0.3) is 0 Å². The van der Waals surface area contributed by atoms with Crippen LogP contribution >= 0.6 is 11.8 Å². The zero-order valence-corrected chi connectivity index (χ0v) is 22.1. The minimum Gasteiger partial charge on any atom is -0.444 e. The molecule has 6 nitrogen and oxygen atoms in total. The molecule has 1 N–H and O–H groups in total. The van der Waals surface area contributed by atoms with Gasteiger partial charge in [0.2, 0.25) is 0 Å². The van der Waals surface area contributed by atoms with Crippen LogP contribution in [-0.2, 0) is 11.2 Å². The Morgan fingerprint density at radius 2 is 1.89 bits per heavy atom. The maximum atomic E-state index is 12.7. The number of alkyl carbamates (subject to hydrolysis) is 1. The zero-order chi connectivity index (χ0) is 24.5. The number of anilines is 1. The molecule has 0 bridgehead atoms. The molecule has 0 radical (unpaired) electrons. The number of hydrogen-bond acceptors (Lipinski definition) is 6. The van der Waals surface area contributed by atoms with Crippen molar-refractivity contribution in [1.29, 1.82) is 0 Å². The normalized spacial score (nSPS) is 21.8. The van der Waals surface area contributed by atoms with Crippen molar-refractivity contribution in [3.63, 3.8) is 0 Å². The van der Waals surface area contributed by atoms with Crippen LogP contribution in [0.2, 0.25) is 0 Å². The lowest BCUT2D eigenvalue weighted by Gasteiger charge is -2.43. The highest BCUT2D eigenvalue weighted by atomic mass is 32.2. The summed E-state index contributed by atoms with van der Waals surface area (Å²) in [6.07, 6.45) is 12.0. The number of nitrogens with one attached hydrogen (secondary N) is 1. The Morgan fingerprint density at radius 1 is 1.14 bits per heavy atom. The number of nitrogens with zero attached hydrogens (tertiary/aromatic N) is 3. The maximum Gasteiger partial charge on any atom is 0.408 e. The van der Waals surface area contributed by atoms with E-state index in [9.17, 15) is 4.79 Å². The smallest absolute Gasteiger partial charge is 0.408 e. The van der Waals surface area contributed by atoms with Gasteiger partial charge in [-0.3, -0.25) is 0 Å². The summed E-state index contributed by atoms with van der Waals surface area (Å²) in [4.78, 5) is 24.6. The number of benzene rings is 1. The molecule has 2 aliphatic carbocycles. The highest BCUT2D eigenvalue weighted by Crippen LogP contribution is 2.52. The molecule has 0 unspecified atom stereocenters. The van der Waals surface area contributed by atoms with Gasteiger partial charge in [0, 0.05) is 24.3 Å². The number of carbonyl (C=O) groups excluding carboxylic acids is 1. The fourth-order valence-corrected chi connectivity index (χ4v) is 7.01. The molecule has 1 aromatic carbocycles. The van der Waals surface area contributed by atoms with E-state index < -0.39 is 5.60 Å². The second-order valence-electron chi connectivity index (χ2n) is 11.5. The van der Waals surface area contributed by atoms with Crippen molar-refractivity contribution in [2.75, 3.05) is 23.7 Å². The molecule has 1 atom stereocenters. The molecule has 1 saturated carbocycles. The van der Waals surface area contributed by atoms with Gasteiger partial charge in [0.05, 0.1) is 18.4 Å². The van der Waals surface area contributed by atoms with Crippen LogP contribution in [0, 0.1) is 11.3 Å². The Kier molecular flexibility index (Phi) is 6.97. The van der Waals surface area contributed by atoms with Crippen molar-refractivity contribution >= 4 is 23.7 Å². The molecule has 35 heavy (non-hydrogen) atoms. The first kappa shape index (κ1) is 24.4. The highest BCUT2D eigenvalue weighted by Gasteiger charge is 2.48. The van der Waals surface area contributed by atoms with E-state index in [1.165, 1.54) is 36.8 Å². The second kappa shape index (κ2) is 10.00. The Labute approximate surface area is 213 Å². The number of fused-ring (bicyclic) bond motifs is 1. The molecule has 7 heteroatoms. The van der Waals surface area contributed by atoms with Gasteiger partial charge < -0.3 is 15.0 Å². The number of thioether (sulfide) groups is 1. The molecule has 1 amide bonds. The lowest BCUT2D eigenvalue weighted by atomic mass is 9.72. The molecule has 2 aromatic rings. The van der Waals surface area contributed by atoms with Crippen LogP contribution < -0.4 is 10.2 Å². The number of amides is 1. The quantitative estimate of drug-likeness (QED) is 0.502. The molecule has 188 valence electrons. The SMILES string of the molecule is CC(C)(C)OC(=O)N[C@@H]1c2ccccc2CC12CCN(c1cnc(SCC3CCCC3)cn1)CC2. The lowest BCUT2D eigenvalue weighted by Crippen LogP contribution is -2.47. The first-order chi connectivity index (χ1) is 16.8. The van der Waals surface area contributed by atoms with Crippen LogP contribution in [0.5, 0.6) is 0 Å². The molecule has 2 fully saturated rings. The second-order valence-corrected chi connectivity index (χ2v) is 12.5. The third-order valence-corrected chi connectivity index (χ3v) is 8.97. The predicted octanol–water partition coefficient (Wildman–Crippen LogP) is 6.17. The van der Waals surface area contributed by atoms with Gasteiger partial charge in [0.1, 0.15) is 16.4 Å². The van der Waals surface area contributed by atoms with Crippen molar-refractivity contribution in [3.8, 4) is 0 Å². The van der Waals surface area contributed by atoms with E-state index in [0.29, 0.717) is 0 Å². The van der Waals surface area contributed by atoms with Crippen LogP contribution in [0.15, 0.2) is 41.7 Å². The summed E-state index contributed by atoms with van der Waals surface area (Å²) in [6, 6.07) is 8.49. The topological polar surface area (TPSA) is 67.3 Å². The van der Waals surface area contributed by atoms with Crippen LogP contribution in [0.25, 0.3) is 0 Å². The van der Waals surface area contributed by atoms with Crippen molar-refractivity contribution in [3.05, 3.63) is 47.8 Å². The summed E-state index contributed by atoms with van der Waals surface area (Å²) < 4.78 is 5.62. The molecule has 1 saturated heterocycles. The first-order valence-electron chi connectivity index (χ1n) is 13.1. The van der Waals surface area contributed by atoms with Crippen molar-refractivity contribution in [2.45, 2.75) is 82.4 Å². The molecular weight excluding hydrogens is 456 g/mol. The van der Waals surface area contributed by atoms with Gasteiger partial charge in [-0.2, -0.15) is 0 Å². The molecule has 5 rings (SSSR count). The van der Waals surface area contributed by atoms with E-state index in [2.05, 4.69) is 34.5 Å². The fraction of sp³-hybridized carbons (Fsp3) is 0.607. The van der Waals surface area contributed by atoms with E-state index in [1.54, 1.807) is 0 Å². The number of ether oxygens (including phenoxy) is 1. The van der Waals surface area contributed by atoms with E-state index in [-0.39, 0.29) is 17.6 Å². The monoisotopic (exact) mass is 494 g/mol.